The van der Waals surface area contributed by atoms with Crippen molar-refractivity contribution >= 4 is 40.4 Å². The molecule has 234 valence electrons. The lowest BCUT2D eigenvalue weighted by Gasteiger charge is -2.45. The van der Waals surface area contributed by atoms with E-state index in [-0.39, 0.29) is 57.3 Å². The Labute approximate surface area is 270 Å². The second-order valence-corrected chi connectivity index (χ2v) is 12.5. The zero-order valence-electron chi connectivity index (χ0n) is 28.3. The second-order valence-electron chi connectivity index (χ2n) is 12.1. The maximum absolute atomic E-state index is 15.6. The van der Waals surface area contributed by atoms with Crippen molar-refractivity contribution in [1.29, 1.82) is 0 Å². The Morgan fingerprint density at radius 2 is 1.84 bits per heavy atom. The first-order chi connectivity index (χ1) is 22.2. The normalized spacial score (nSPS) is 17.5. The van der Waals surface area contributed by atoms with Gasteiger partial charge in [-0.3, -0.25) is 9.78 Å². The molecule has 0 saturated carbocycles. The highest BCUT2D eigenvalue weighted by molar-refractivity contribution is 6.34. The fourth-order valence-corrected chi connectivity index (χ4v) is 6.50. The summed E-state index contributed by atoms with van der Waals surface area (Å²) in [5, 5.41) is 0.561. The van der Waals surface area contributed by atoms with E-state index in [0.717, 1.165) is 5.56 Å². The second kappa shape index (κ2) is 12.6. The third-order valence-corrected chi connectivity index (χ3v) is 8.55. The molecule has 5 rings (SSSR count). The largest absolute Gasteiger partial charge is 0.355 e. The van der Waals surface area contributed by atoms with E-state index in [1.165, 1.54) is 28.9 Å². The molecule has 3 aromatic heterocycles. The topological polar surface area (TPSA) is 84.2 Å². The van der Waals surface area contributed by atoms with E-state index in [1.54, 1.807) is 23.2 Å². The Hall–Kier alpha value is -4.37. The van der Waals surface area contributed by atoms with E-state index in [1.807, 2.05) is 52.5 Å². The summed E-state index contributed by atoms with van der Waals surface area (Å²) >= 11 is 6.93. The lowest BCUT2D eigenvalue weighted by atomic mass is 9.97. The fourth-order valence-electron chi connectivity index (χ4n) is 6.26. The van der Waals surface area contributed by atoms with Crippen LogP contribution in [0.1, 0.15) is 72.9 Å². The van der Waals surface area contributed by atoms with Crippen LogP contribution < -0.4 is 10.6 Å². The summed E-state index contributed by atoms with van der Waals surface area (Å²) in [5.41, 5.74) is 2.01. The number of aromatic nitrogens is 4. The number of hydrogen-bond donors (Lipinski definition) is 0. The number of anilines is 1. The van der Waals surface area contributed by atoms with Gasteiger partial charge in [0.15, 0.2) is 5.65 Å². The number of hydrogen-bond acceptors (Lipinski definition) is 6. The van der Waals surface area contributed by atoms with Crippen LogP contribution in [-0.2, 0) is 4.79 Å². The van der Waals surface area contributed by atoms with Gasteiger partial charge in [-0.05, 0) is 61.1 Å². The Kier molecular flexibility index (Phi) is 8.19. The number of amides is 1. The van der Waals surface area contributed by atoms with Gasteiger partial charge in [0.2, 0.25) is 5.91 Å². The quantitative estimate of drug-likeness (QED) is 0.202. The number of piperazine rings is 1. The average Bonchev–Trinajstić information content (AvgIpc) is 3.00. The van der Waals surface area contributed by atoms with E-state index >= 15 is 4.39 Å². The number of halogens is 2. The molecule has 4 aromatic rings. The van der Waals surface area contributed by atoms with Gasteiger partial charge in [-0.2, -0.15) is 4.98 Å². The molecule has 0 N–H and O–H groups in total. The molecule has 1 aliphatic rings. The molecule has 0 spiro atoms. The highest BCUT2D eigenvalue weighted by atomic mass is 35.5. The minimum absolute atomic E-state index is 0.00486. The minimum Gasteiger partial charge on any atom is -0.347 e. The number of benzene rings is 1. The summed E-state index contributed by atoms with van der Waals surface area (Å²) in [7, 11) is 0. The Morgan fingerprint density at radius 1 is 1.13 bits per heavy atom. The van der Waals surface area contributed by atoms with Gasteiger partial charge in [-0.15, -0.1) is 0 Å². The van der Waals surface area contributed by atoms with Gasteiger partial charge in [0, 0.05) is 36.9 Å². The predicted molar refractivity (Wildman–Crippen MR) is 180 cm³/mol. The van der Waals surface area contributed by atoms with Crippen molar-refractivity contribution in [3.8, 4) is 16.9 Å². The molecular formula is C35H38ClFN6O2. The summed E-state index contributed by atoms with van der Waals surface area (Å²) in [6.45, 7) is 15.8. The van der Waals surface area contributed by atoms with Crippen molar-refractivity contribution in [2.45, 2.75) is 65.5 Å². The molecule has 0 bridgehead atoms. The zero-order chi connectivity index (χ0) is 34.3. The molecule has 2 atom stereocenters. The number of fused-ring (bicyclic) bond motifs is 1. The van der Waals surface area contributed by atoms with Crippen molar-refractivity contribution in [1.82, 2.24) is 24.4 Å². The molecule has 0 aliphatic carbocycles. The average molecular weight is 631 g/mol. The number of nitrogens with zero attached hydrogens (tertiary/aromatic N) is 6. The van der Waals surface area contributed by atoms with Gasteiger partial charge in [-0.1, -0.05) is 70.6 Å². The third-order valence-electron chi connectivity index (χ3n) is 8.27. The summed E-state index contributed by atoms with van der Waals surface area (Å²) in [6, 6.07) is 7.36. The van der Waals surface area contributed by atoms with E-state index < -0.39 is 18.0 Å². The standard InChI is InChI=1S/C35H38ClFN6O2/c1-9-23-12-11-13-27(37)29(23)31-26(36)16-25-33(39-31)43(32-24(19(3)4)14-15-38-30(32)20(5)6)35(45)40-34(25)42-21(7)17-41(18-22(42)8)28(44)10-2/h9-16,19-22H,1-2,17-18H2,3-8H3/t21-,22-/m0/s1/i1D2. The van der Waals surface area contributed by atoms with Crippen LogP contribution in [0.15, 0.2) is 60.5 Å². The molecular weight excluding hydrogens is 591 g/mol. The van der Waals surface area contributed by atoms with Crippen molar-refractivity contribution in [2.75, 3.05) is 18.0 Å². The van der Waals surface area contributed by atoms with Crippen LogP contribution in [0.3, 0.4) is 0 Å². The van der Waals surface area contributed by atoms with Crippen molar-refractivity contribution in [3.63, 3.8) is 0 Å². The highest BCUT2D eigenvalue weighted by Crippen LogP contribution is 2.39. The van der Waals surface area contributed by atoms with E-state index in [4.69, 9.17) is 19.3 Å². The molecule has 1 aromatic carbocycles. The maximum Gasteiger partial charge on any atom is 0.355 e. The van der Waals surface area contributed by atoms with Gasteiger partial charge in [-0.25, -0.2) is 18.7 Å². The maximum atomic E-state index is 15.6. The van der Waals surface area contributed by atoms with Gasteiger partial charge in [0.1, 0.15) is 11.6 Å². The lowest BCUT2D eigenvalue weighted by molar-refractivity contribution is -0.127. The smallest absolute Gasteiger partial charge is 0.347 e. The van der Waals surface area contributed by atoms with Crippen LogP contribution in [0.25, 0.3) is 34.1 Å². The summed E-state index contributed by atoms with van der Waals surface area (Å²) < 4.78 is 32.5. The van der Waals surface area contributed by atoms with Gasteiger partial charge < -0.3 is 9.80 Å². The molecule has 1 amide bonds. The van der Waals surface area contributed by atoms with Crippen molar-refractivity contribution in [2.24, 2.45) is 0 Å². The number of pyridine rings is 2. The summed E-state index contributed by atoms with van der Waals surface area (Å²) in [5.74, 6) is -0.534. The summed E-state index contributed by atoms with van der Waals surface area (Å²) in [6.07, 6.45) is 4.23. The summed E-state index contributed by atoms with van der Waals surface area (Å²) in [4.78, 5) is 44.9. The van der Waals surface area contributed by atoms with Crippen LogP contribution in [0, 0.1) is 5.82 Å². The predicted octanol–water partition coefficient (Wildman–Crippen LogP) is 7.14. The van der Waals surface area contributed by atoms with E-state index in [9.17, 15) is 9.59 Å². The van der Waals surface area contributed by atoms with E-state index in [0.29, 0.717) is 35.7 Å². The number of carbonyl (C=O) groups excluding carboxylic acids is 1. The lowest BCUT2D eigenvalue weighted by Crippen LogP contribution is -2.58. The van der Waals surface area contributed by atoms with Crippen LogP contribution in [0.2, 0.25) is 5.02 Å². The first-order valence-electron chi connectivity index (χ1n) is 16.0. The van der Waals surface area contributed by atoms with Crippen LogP contribution >= 0.6 is 11.6 Å². The molecule has 0 radical (unpaired) electrons. The minimum atomic E-state index is -0.644. The third kappa shape index (κ3) is 5.65. The monoisotopic (exact) mass is 630 g/mol. The Morgan fingerprint density at radius 3 is 2.47 bits per heavy atom. The van der Waals surface area contributed by atoms with Gasteiger partial charge in [0.25, 0.3) is 0 Å². The zero-order valence-corrected chi connectivity index (χ0v) is 27.1. The molecule has 0 unspecified atom stereocenters. The van der Waals surface area contributed by atoms with Crippen LogP contribution in [0.5, 0.6) is 0 Å². The Balaban J connectivity index is 1.91. The van der Waals surface area contributed by atoms with Crippen LogP contribution in [-0.4, -0.2) is 55.5 Å². The molecule has 1 fully saturated rings. The first-order valence-corrected chi connectivity index (χ1v) is 15.4. The first kappa shape index (κ1) is 29.3. The fraction of sp³-hybridized carbons (Fsp3) is 0.343. The molecule has 8 nitrogen and oxygen atoms in total. The Bertz CT molecular complexity index is 1940. The molecule has 45 heavy (non-hydrogen) atoms. The molecule has 1 saturated heterocycles. The molecule has 1 aliphatic heterocycles. The molecule has 10 heteroatoms. The molecule has 4 heterocycles. The van der Waals surface area contributed by atoms with Crippen LogP contribution in [0.4, 0.5) is 10.2 Å². The SMILES string of the molecule is [2H]C([2H])=Cc1cccc(F)c1-c1nc2c(cc1Cl)c(N1[C@@H](C)CN(C(=O)C=C)C[C@@H]1C)nc(=O)n2-c1c(C(C)C)ccnc1C(C)C. The highest BCUT2D eigenvalue weighted by Gasteiger charge is 2.35. The van der Waals surface area contributed by atoms with Crippen molar-refractivity contribution < 1.29 is 11.9 Å². The van der Waals surface area contributed by atoms with E-state index in [2.05, 4.69) is 16.5 Å². The van der Waals surface area contributed by atoms with Gasteiger partial charge >= 0.3 is 5.69 Å². The number of carbonyl (C=O) groups is 1. The van der Waals surface area contributed by atoms with Crippen molar-refractivity contribution in [3.05, 3.63) is 93.9 Å². The van der Waals surface area contributed by atoms with Gasteiger partial charge in [0.05, 0.1) is 30.2 Å². The number of rotatable bonds is 7.